The number of nitrogens with one attached hydrogen (secondary N) is 1. The van der Waals surface area contributed by atoms with Gasteiger partial charge in [-0.2, -0.15) is 0 Å². The molecule has 0 atom stereocenters. The van der Waals surface area contributed by atoms with E-state index in [1.165, 1.54) is 5.56 Å². The minimum absolute atomic E-state index is 0.141. The van der Waals surface area contributed by atoms with Crippen LogP contribution < -0.4 is 5.32 Å². The van der Waals surface area contributed by atoms with E-state index < -0.39 is 0 Å². The Labute approximate surface area is 170 Å². The van der Waals surface area contributed by atoms with Crippen LogP contribution in [0, 0.1) is 5.92 Å². The van der Waals surface area contributed by atoms with Gasteiger partial charge in [0.05, 0.1) is 29.6 Å². The number of hydrogen-bond donors (Lipinski definition) is 1. The highest BCUT2D eigenvalue weighted by molar-refractivity contribution is 6.07. The smallest absolute Gasteiger partial charge is 0.252 e. The molecule has 0 saturated carbocycles. The summed E-state index contributed by atoms with van der Waals surface area (Å²) in [5.41, 5.74) is 4.52. The van der Waals surface area contributed by atoms with Gasteiger partial charge in [0.1, 0.15) is 5.76 Å². The number of fused-ring (bicyclic) bond motifs is 1. The number of benzene rings is 2. The average molecular weight is 384 g/mol. The molecule has 0 spiro atoms. The van der Waals surface area contributed by atoms with E-state index in [9.17, 15) is 4.79 Å². The summed E-state index contributed by atoms with van der Waals surface area (Å²) in [4.78, 5) is 17.7. The molecule has 4 nitrogen and oxygen atoms in total. The van der Waals surface area contributed by atoms with E-state index in [-0.39, 0.29) is 5.91 Å². The molecule has 0 radical (unpaired) electrons. The van der Waals surface area contributed by atoms with Crippen molar-refractivity contribution in [2.24, 2.45) is 5.92 Å². The molecule has 2 heterocycles. The Bertz CT molecular complexity index is 1110. The largest absolute Gasteiger partial charge is 0.467 e. The van der Waals surface area contributed by atoms with Crippen LogP contribution in [0.15, 0.2) is 77.4 Å². The molecule has 1 N–H and O–H groups in total. The summed E-state index contributed by atoms with van der Waals surface area (Å²) in [6.45, 7) is 4.78. The minimum Gasteiger partial charge on any atom is -0.467 e. The Morgan fingerprint density at radius 1 is 1.03 bits per heavy atom. The average Bonchev–Trinajstić information content (AvgIpc) is 3.25. The maximum absolute atomic E-state index is 12.9. The first kappa shape index (κ1) is 18.9. The Kier molecular flexibility index (Phi) is 5.43. The van der Waals surface area contributed by atoms with Crippen molar-refractivity contribution in [3.05, 3.63) is 89.9 Å². The first-order valence-corrected chi connectivity index (χ1v) is 9.90. The number of para-hydroxylation sites is 1. The summed E-state index contributed by atoms with van der Waals surface area (Å²) < 4.78 is 5.31. The number of hydrogen-bond acceptors (Lipinski definition) is 3. The SMILES string of the molecule is CC(C)Cc1ccc(-c2cc(C(=O)NCc3ccco3)c3ccccc3n2)cc1. The zero-order valence-electron chi connectivity index (χ0n) is 16.7. The highest BCUT2D eigenvalue weighted by Crippen LogP contribution is 2.25. The van der Waals surface area contributed by atoms with Crippen molar-refractivity contribution in [1.29, 1.82) is 0 Å². The number of pyridine rings is 1. The summed E-state index contributed by atoms with van der Waals surface area (Å²) in [7, 11) is 0. The van der Waals surface area contributed by atoms with Gasteiger partial charge in [0, 0.05) is 10.9 Å². The van der Waals surface area contributed by atoms with E-state index >= 15 is 0 Å². The van der Waals surface area contributed by atoms with Gasteiger partial charge in [-0.25, -0.2) is 4.98 Å². The van der Waals surface area contributed by atoms with Gasteiger partial charge in [0.2, 0.25) is 0 Å². The van der Waals surface area contributed by atoms with E-state index in [1.807, 2.05) is 42.5 Å². The lowest BCUT2D eigenvalue weighted by Gasteiger charge is -2.11. The van der Waals surface area contributed by atoms with E-state index in [0.29, 0.717) is 18.0 Å². The van der Waals surface area contributed by atoms with Crippen LogP contribution >= 0.6 is 0 Å². The van der Waals surface area contributed by atoms with E-state index in [4.69, 9.17) is 9.40 Å². The topological polar surface area (TPSA) is 55.1 Å². The van der Waals surface area contributed by atoms with Crippen LogP contribution in [0.3, 0.4) is 0 Å². The molecule has 146 valence electrons. The lowest BCUT2D eigenvalue weighted by atomic mass is 9.99. The fraction of sp³-hybridized carbons (Fsp3) is 0.200. The van der Waals surface area contributed by atoms with E-state index in [2.05, 4.69) is 43.4 Å². The predicted molar refractivity (Wildman–Crippen MR) is 116 cm³/mol. The Morgan fingerprint density at radius 3 is 2.55 bits per heavy atom. The maximum Gasteiger partial charge on any atom is 0.252 e. The van der Waals surface area contributed by atoms with Crippen LogP contribution in [0.5, 0.6) is 0 Å². The number of carbonyl (C=O) groups excluding carboxylic acids is 1. The third kappa shape index (κ3) is 4.37. The molecule has 0 fully saturated rings. The van der Waals surface area contributed by atoms with Crippen molar-refractivity contribution in [1.82, 2.24) is 10.3 Å². The molecule has 0 aliphatic carbocycles. The fourth-order valence-electron chi connectivity index (χ4n) is 3.47. The van der Waals surface area contributed by atoms with Gasteiger partial charge in [0.25, 0.3) is 5.91 Å². The standard InChI is InChI=1S/C25H24N2O2/c1-17(2)14-18-9-11-19(12-10-18)24-15-22(21-7-3-4-8-23(21)27-24)25(28)26-16-20-6-5-13-29-20/h3-13,15,17H,14,16H2,1-2H3,(H,26,28). The summed E-state index contributed by atoms with van der Waals surface area (Å²) in [5, 5.41) is 3.78. The monoisotopic (exact) mass is 384 g/mol. The molecular weight excluding hydrogens is 360 g/mol. The number of nitrogens with zero attached hydrogens (tertiary/aromatic N) is 1. The van der Waals surface area contributed by atoms with Gasteiger partial charge in [-0.05, 0) is 42.2 Å². The van der Waals surface area contributed by atoms with Crippen LogP contribution in [0.4, 0.5) is 0 Å². The van der Waals surface area contributed by atoms with Crippen LogP contribution in [0.25, 0.3) is 22.2 Å². The predicted octanol–water partition coefficient (Wildman–Crippen LogP) is 5.62. The zero-order chi connectivity index (χ0) is 20.2. The lowest BCUT2D eigenvalue weighted by molar-refractivity contribution is 0.0949. The van der Waals surface area contributed by atoms with E-state index in [1.54, 1.807) is 6.26 Å². The van der Waals surface area contributed by atoms with Crippen LogP contribution in [-0.4, -0.2) is 10.9 Å². The first-order valence-electron chi connectivity index (χ1n) is 9.90. The number of rotatable bonds is 6. The number of furan rings is 1. The van der Waals surface area contributed by atoms with Crippen molar-refractivity contribution < 1.29 is 9.21 Å². The van der Waals surface area contributed by atoms with Crippen LogP contribution in [-0.2, 0) is 13.0 Å². The van der Waals surface area contributed by atoms with Gasteiger partial charge < -0.3 is 9.73 Å². The summed E-state index contributed by atoms with van der Waals surface area (Å²) in [6, 6.07) is 21.7. The highest BCUT2D eigenvalue weighted by Gasteiger charge is 2.14. The Morgan fingerprint density at radius 2 is 1.83 bits per heavy atom. The van der Waals surface area contributed by atoms with Crippen molar-refractivity contribution in [2.75, 3.05) is 0 Å². The van der Waals surface area contributed by atoms with Crippen LogP contribution in [0.1, 0.15) is 35.5 Å². The molecule has 2 aromatic heterocycles. The normalized spacial score (nSPS) is 11.1. The molecule has 29 heavy (non-hydrogen) atoms. The quantitative estimate of drug-likeness (QED) is 0.469. The third-order valence-electron chi connectivity index (χ3n) is 4.86. The summed E-state index contributed by atoms with van der Waals surface area (Å²) in [5.74, 6) is 1.19. The molecule has 1 amide bonds. The van der Waals surface area contributed by atoms with Gasteiger partial charge in [-0.3, -0.25) is 4.79 Å². The van der Waals surface area contributed by atoms with Crippen molar-refractivity contribution in [2.45, 2.75) is 26.8 Å². The third-order valence-corrected chi connectivity index (χ3v) is 4.86. The number of aromatic nitrogens is 1. The fourth-order valence-corrected chi connectivity index (χ4v) is 3.47. The Balaban J connectivity index is 1.67. The van der Waals surface area contributed by atoms with Crippen molar-refractivity contribution in [3.8, 4) is 11.3 Å². The molecular formula is C25H24N2O2. The second kappa shape index (κ2) is 8.31. The minimum atomic E-state index is -0.141. The van der Waals surface area contributed by atoms with Gasteiger partial charge in [-0.15, -0.1) is 0 Å². The van der Waals surface area contributed by atoms with E-state index in [0.717, 1.165) is 34.3 Å². The molecule has 0 aliphatic heterocycles. The second-order valence-electron chi connectivity index (χ2n) is 7.63. The molecule has 2 aromatic carbocycles. The molecule has 4 rings (SSSR count). The summed E-state index contributed by atoms with van der Waals surface area (Å²) in [6.07, 6.45) is 2.65. The molecule has 0 aliphatic rings. The van der Waals surface area contributed by atoms with Crippen molar-refractivity contribution >= 4 is 16.8 Å². The summed E-state index contributed by atoms with van der Waals surface area (Å²) >= 11 is 0. The number of carbonyl (C=O) groups is 1. The van der Waals surface area contributed by atoms with Gasteiger partial charge >= 0.3 is 0 Å². The second-order valence-corrected chi connectivity index (χ2v) is 7.63. The first-order chi connectivity index (χ1) is 14.1. The zero-order valence-corrected chi connectivity index (χ0v) is 16.7. The maximum atomic E-state index is 12.9. The molecule has 0 bridgehead atoms. The molecule has 4 heteroatoms. The van der Waals surface area contributed by atoms with Crippen molar-refractivity contribution in [3.63, 3.8) is 0 Å². The highest BCUT2D eigenvalue weighted by atomic mass is 16.3. The van der Waals surface area contributed by atoms with Gasteiger partial charge in [0.15, 0.2) is 0 Å². The molecule has 0 unspecified atom stereocenters. The lowest BCUT2D eigenvalue weighted by Crippen LogP contribution is -2.23. The molecule has 0 saturated heterocycles. The molecule has 4 aromatic rings. The van der Waals surface area contributed by atoms with Gasteiger partial charge in [-0.1, -0.05) is 56.3 Å². The van der Waals surface area contributed by atoms with Crippen LogP contribution in [0.2, 0.25) is 0 Å². The number of amides is 1. The Hall–Kier alpha value is -3.40.